The van der Waals surface area contributed by atoms with Crippen LogP contribution >= 0.6 is 11.3 Å². The molecular weight excluding hydrogens is 411 g/mol. The minimum Gasteiger partial charge on any atom is -0.338 e. The van der Waals surface area contributed by atoms with Gasteiger partial charge in [0.25, 0.3) is 11.8 Å². The summed E-state index contributed by atoms with van der Waals surface area (Å²) in [5.74, 6) is -0.211. The van der Waals surface area contributed by atoms with E-state index in [4.69, 9.17) is 0 Å². The van der Waals surface area contributed by atoms with E-state index in [1.807, 2.05) is 47.1 Å². The molecule has 0 bridgehead atoms. The molecule has 0 N–H and O–H groups in total. The number of fused-ring (bicyclic) bond motifs is 1. The van der Waals surface area contributed by atoms with E-state index >= 15 is 0 Å². The van der Waals surface area contributed by atoms with E-state index in [1.165, 1.54) is 23.5 Å². The molecule has 0 radical (unpaired) electrons. The van der Waals surface area contributed by atoms with Gasteiger partial charge in [-0.15, -0.1) is 11.3 Å². The summed E-state index contributed by atoms with van der Waals surface area (Å²) in [5, 5.41) is 0.813. The zero-order valence-corrected chi connectivity index (χ0v) is 18.8. The lowest BCUT2D eigenvalue weighted by Crippen LogP contribution is -2.49. The number of likely N-dealkylation sites (tertiary alicyclic amines) is 1. The summed E-state index contributed by atoms with van der Waals surface area (Å²) in [5.41, 5.74) is 1.55. The van der Waals surface area contributed by atoms with E-state index in [-0.39, 0.29) is 23.7 Å². The van der Waals surface area contributed by atoms with Gasteiger partial charge < -0.3 is 9.80 Å². The van der Waals surface area contributed by atoms with Crippen molar-refractivity contribution in [3.8, 4) is 0 Å². The summed E-state index contributed by atoms with van der Waals surface area (Å²) < 4.78 is 14.6. The summed E-state index contributed by atoms with van der Waals surface area (Å²) in [6.45, 7) is 5.93. The lowest BCUT2D eigenvalue weighted by Gasteiger charge is -2.38. The van der Waals surface area contributed by atoms with Gasteiger partial charge >= 0.3 is 0 Å². The van der Waals surface area contributed by atoms with Crippen molar-refractivity contribution in [2.45, 2.75) is 39.2 Å². The van der Waals surface area contributed by atoms with Crippen molar-refractivity contribution in [2.75, 3.05) is 19.6 Å². The van der Waals surface area contributed by atoms with Crippen LogP contribution in [0.4, 0.5) is 4.39 Å². The van der Waals surface area contributed by atoms with E-state index in [0.717, 1.165) is 34.9 Å². The first-order chi connectivity index (χ1) is 15.0. The fraction of sp³-hybridized carbons (Fsp3) is 0.360. The molecule has 6 heteroatoms. The normalized spacial score (nSPS) is 14.7. The standard InChI is InChI=1S/C25H27FN2O2S/c1-3-13-28(25(30)23-17(2)21-16-19(26)9-10-22(21)31-23)20-11-14-27(15-12-20)24(29)18-7-5-4-6-8-18/h4-10,16,20H,3,11-15H2,1-2H3. The molecule has 2 amide bonds. The molecule has 1 aliphatic rings. The minimum atomic E-state index is -0.284. The number of nitrogens with zero attached hydrogens (tertiary/aromatic N) is 2. The summed E-state index contributed by atoms with van der Waals surface area (Å²) in [4.78, 5) is 30.8. The molecule has 3 aromatic rings. The second kappa shape index (κ2) is 9.18. The molecule has 0 saturated carbocycles. The summed E-state index contributed by atoms with van der Waals surface area (Å²) in [6, 6.07) is 14.1. The smallest absolute Gasteiger partial charge is 0.264 e. The number of rotatable bonds is 5. The highest BCUT2D eigenvalue weighted by Gasteiger charge is 2.31. The second-order valence-electron chi connectivity index (χ2n) is 8.08. The molecular formula is C25H27FN2O2S. The maximum atomic E-state index is 13.7. The molecule has 4 rings (SSSR count). The summed E-state index contributed by atoms with van der Waals surface area (Å²) in [7, 11) is 0. The molecule has 0 atom stereocenters. The van der Waals surface area contributed by atoms with Crippen LogP contribution in [0.25, 0.3) is 10.1 Å². The highest BCUT2D eigenvalue weighted by Crippen LogP contribution is 2.33. The van der Waals surface area contributed by atoms with Gasteiger partial charge in [0.05, 0.1) is 4.88 Å². The topological polar surface area (TPSA) is 40.6 Å². The maximum absolute atomic E-state index is 13.7. The van der Waals surface area contributed by atoms with E-state index in [9.17, 15) is 14.0 Å². The van der Waals surface area contributed by atoms with Crippen LogP contribution in [0.5, 0.6) is 0 Å². The van der Waals surface area contributed by atoms with E-state index in [1.54, 1.807) is 6.07 Å². The zero-order chi connectivity index (χ0) is 22.0. The van der Waals surface area contributed by atoms with Crippen molar-refractivity contribution >= 4 is 33.2 Å². The molecule has 2 aromatic carbocycles. The van der Waals surface area contributed by atoms with Crippen LogP contribution < -0.4 is 0 Å². The molecule has 0 aliphatic carbocycles. The first-order valence-electron chi connectivity index (χ1n) is 10.8. The van der Waals surface area contributed by atoms with Gasteiger partial charge in [-0.2, -0.15) is 0 Å². The van der Waals surface area contributed by atoms with Gasteiger partial charge in [-0.3, -0.25) is 9.59 Å². The van der Waals surface area contributed by atoms with Gasteiger partial charge in [0, 0.05) is 35.9 Å². The first kappa shape index (κ1) is 21.5. The fourth-order valence-corrected chi connectivity index (χ4v) is 5.51. The Kier molecular flexibility index (Phi) is 6.37. The number of halogens is 1. The minimum absolute atomic E-state index is 0.0220. The van der Waals surface area contributed by atoms with E-state index in [0.29, 0.717) is 30.1 Å². The Labute approximate surface area is 186 Å². The van der Waals surface area contributed by atoms with Crippen LogP contribution in [0.1, 0.15) is 51.8 Å². The number of piperidine rings is 1. The SMILES string of the molecule is CCCN(C(=O)c1sc2ccc(F)cc2c1C)C1CCN(C(=O)c2ccccc2)CC1. The molecule has 1 fully saturated rings. The third-order valence-corrected chi connectivity index (χ3v) is 7.29. The van der Waals surface area contributed by atoms with Gasteiger partial charge in [0.1, 0.15) is 5.82 Å². The Morgan fingerprint density at radius 3 is 2.52 bits per heavy atom. The zero-order valence-electron chi connectivity index (χ0n) is 17.9. The van der Waals surface area contributed by atoms with Crippen molar-refractivity contribution in [1.82, 2.24) is 9.80 Å². The number of carbonyl (C=O) groups is 2. The van der Waals surface area contributed by atoms with Crippen LogP contribution in [0.3, 0.4) is 0 Å². The lowest BCUT2D eigenvalue weighted by molar-refractivity contribution is 0.0522. The van der Waals surface area contributed by atoms with Gasteiger partial charge in [0.15, 0.2) is 0 Å². The molecule has 1 aromatic heterocycles. The highest BCUT2D eigenvalue weighted by molar-refractivity contribution is 7.21. The number of hydrogen-bond donors (Lipinski definition) is 0. The molecule has 1 aliphatic heterocycles. The number of amides is 2. The first-order valence-corrected chi connectivity index (χ1v) is 11.6. The van der Waals surface area contributed by atoms with Crippen molar-refractivity contribution in [3.63, 3.8) is 0 Å². The number of thiophene rings is 1. The molecule has 0 spiro atoms. The lowest BCUT2D eigenvalue weighted by atomic mass is 10.0. The number of carbonyl (C=O) groups excluding carboxylic acids is 2. The number of benzene rings is 2. The van der Waals surface area contributed by atoms with E-state index in [2.05, 4.69) is 6.92 Å². The number of hydrogen-bond acceptors (Lipinski definition) is 3. The summed E-state index contributed by atoms with van der Waals surface area (Å²) >= 11 is 1.44. The van der Waals surface area contributed by atoms with Crippen molar-refractivity contribution in [1.29, 1.82) is 0 Å². The van der Waals surface area contributed by atoms with Crippen LogP contribution in [0.2, 0.25) is 0 Å². The van der Waals surface area contributed by atoms with Crippen molar-refractivity contribution in [2.24, 2.45) is 0 Å². The van der Waals surface area contributed by atoms with Gasteiger partial charge in [0.2, 0.25) is 0 Å². The Bertz CT molecular complexity index is 1090. The van der Waals surface area contributed by atoms with Crippen molar-refractivity contribution in [3.05, 3.63) is 70.4 Å². The quantitative estimate of drug-likeness (QED) is 0.527. The van der Waals surface area contributed by atoms with Crippen molar-refractivity contribution < 1.29 is 14.0 Å². The van der Waals surface area contributed by atoms with Crippen LogP contribution in [-0.4, -0.2) is 47.3 Å². The van der Waals surface area contributed by atoms with Gasteiger partial charge in [-0.1, -0.05) is 25.1 Å². The van der Waals surface area contributed by atoms with E-state index < -0.39 is 0 Å². The monoisotopic (exact) mass is 438 g/mol. The number of aryl methyl sites for hydroxylation is 1. The molecule has 1 saturated heterocycles. The average molecular weight is 439 g/mol. The molecule has 4 nitrogen and oxygen atoms in total. The Morgan fingerprint density at radius 2 is 1.84 bits per heavy atom. The average Bonchev–Trinajstić information content (AvgIpc) is 3.13. The summed E-state index contributed by atoms with van der Waals surface area (Å²) in [6.07, 6.45) is 2.40. The van der Waals surface area contributed by atoms with Gasteiger partial charge in [-0.25, -0.2) is 4.39 Å². The largest absolute Gasteiger partial charge is 0.338 e. The predicted octanol–water partition coefficient (Wildman–Crippen LogP) is 5.51. The van der Waals surface area contributed by atoms with Crippen LogP contribution in [0.15, 0.2) is 48.5 Å². The van der Waals surface area contributed by atoms with Crippen LogP contribution in [0, 0.1) is 12.7 Å². The second-order valence-corrected chi connectivity index (χ2v) is 9.14. The Hall–Kier alpha value is -2.73. The molecule has 2 heterocycles. The molecule has 31 heavy (non-hydrogen) atoms. The third kappa shape index (κ3) is 4.35. The molecule has 0 unspecified atom stereocenters. The Morgan fingerprint density at radius 1 is 1.13 bits per heavy atom. The predicted molar refractivity (Wildman–Crippen MR) is 123 cm³/mol. The molecule has 162 valence electrons. The van der Waals surface area contributed by atoms with Gasteiger partial charge in [-0.05, 0) is 67.5 Å². The Balaban J connectivity index is 1.50. The fourth-order valence-electron chi connectivity index (χ4n) is 4.36. The third-order valence-electron chi connectivity index (χ3n) is 6.03. The van der Waals surface area contributed by atoms with Crippen LogP contribution in [-0.2, 0) is 0 Å². The maximum Gasteiger partial charge on any atom is 0.264 e. The highest BCUT2D eigenvalue weighted by atomic mass is 32.1.